The molecule has 2 heterocycles. The van der Waals surface area contributed by atoms with E-state index in [0.717, 1.165) is 0 Å². The fourth-order valence-electron chi connectivity index (χ4n) is 2.81. The largest absolute Gasteiger partial charge is 0.486 e. The molecule has 1 unspecified atom stereocenters. The summed E-state index contributed by atoms with van der Waals surface area (Å²) in [5.74, 6) is 1.24. The molecule has 1 aromatic carbocycles. The molecule has 1 amide bonds. The van der Waals surface area contributed by atoms with Gasteiger partial charge in [0.2, 0.25) is 15.9 Å². The number of carbonyl (C=O) groups is 1. The van der Waals surface area contributed by atoms with Crippen LogP contribution < -0.4 is 19.5 Å². The molecule has 7 nitrogen and oxygen atoms in total. The van der Waals surface area contributed by atoms with Gasteiger partial charge in [0.1, 0.15) is 19.3 Å². The van der Waals surface area contributed by atoms with Crippen LogP contribution in [0.1, 0.15) is 11.3 Å². The molecule has 1 atom stereocenters. The highest BCUT2D eigenvalue weighted by Gasteiger charge is 2.26. The first-order valence-corrected chi connectivity index (χ1v) is 13.0. The van der Waals surface area contributed by atoms with Crippen LogP contribution in [-0.2, 0) is 21.2 Å². The minimum absolute atomic E-state index is 0.0438. The number of hydrogen-bond acceptors (Lipinski definition) is 7. The molecule has 3 rings (SSSR count). The Morgan fingerprint density at radius 2 is 2.03 bits per heavy atom. The third-order valence-corrected chi connectivity index (χ3v) is 7.35. The number of rotatable bonds is 10. The van der Waals surface area contributed by atoms with Crippen LogP contribution in [0.4, 0.5) is 0 Å². The number of fused-ring (bicyclic) bond motifs is 1. The molecule has 1 aromatic heterocycles. The summed E-state index contributed by atoms with van der Waals surface area (Å²) in [6, 6.07) is 7.58. The maximum Gasteiger partial charge on any atom is 0.241 e. The monoisotopic (exact) mass is 456 g/mol. The summed E-state index contributed by atoms with van der Waals surface area (Å²) < 4.78 is 39.2. The fourth-order valence-corrected chi connectivity index (χ4v) is 5.24. The smallest absolute Gasteiger partial charge is 0.241 e. The molecule has 0 fully saturated rings. The molecule has 2 aromatic rings. The maximum atomic E-state index is 12.9. The summed E-state index contributed by atoms with van der Waals surface area (Å²) in [6.07, 6.45) is 3.03. The summed E-state index contributed by atoms with van der Waals surface area (Å²) >= 11 is 3.19. The quantitative estimate of drug-likeness (QED) is 0.570. The molecule has 1 aliphatic heterocycles. The SMILES string of the molecule is CSCCC(NS(=O)(=O)c1ccc2c(c1)OCCO2)C(=O)NCCc1cccs1. The van der Waals surface area contributed by atoms with Crippen molar-refractivity contribution in [1.29, 1.82) is 0 Å². The van der Waals surface area contributed by atoms with E-state index in [2.05, 4.69) is 10.0 Å². The van der Waals surface area contributed by atoms with E-state index in [1.54, 1.807) is 29.2 Å². The molecule has 0 bridgehead atoms. The van der Waals surface area contributed by atoms with Crippen molar-refractivity contribution in [2.75, 3.05) is 31.8 Å². The Morgan fingerprint density at radius 1 is 1.24 bits per heavy atom. The molecule has 0 saturated heterocycles. The minimum Gasteiger partial charge on any atom is -0.486 e. The highest BCUT2D eigenvalue weighted by molar-refractivity contribution is 7.98. The number of benzene rings is 1. The van der Waals surface area contributed by atoms with Gasteiger partial charge >= 0.3 is 0 Å². The van der Waals surface area contributed by atoms with E-state index in [-0.39, 0.29) is 10.8 Å². The number of thiophene rings is 1. The summed E-state index contributed by atoms with van der Waals surface area (Å²) in [5, 5.41) is 4.83. The van der Waals surface area contributed by atoms with E-state index in [1.165, 1.54) is 17.0 Å². The highest BCUT2D eigenvalue weighted by atomic mass is 32.2. The standard InChI is InChI=1S/C19H24N2O5S3/c1-27-12-7-16(19(22)20-8-6-14-3-2-11-28-14)21-29(23,24)15-4-5-17-18(13-15)26-10-9-25-17/h2-5,11,13,16,21H,6-10,12H2,1H3,(H,20,22). The van der Waals surface area contributed by atoms with Gasteiger partial charge in [-0.15, -0.1) is 11.3 Å². The van der Waals surface area contributed by atoms with Gasteiger partial charge in [-0.1, -0.05) is 6.07 Å². The van der Waals surface area contributed by atoms with Crippen LogP contribution in [0, 0.1) is 0 Å². The maximum absolute atomic E-state index is 12.9. The fraction of sp³-hybridized carbons (Fsp3) is 0.421. The number of nitrogens with one attached hydrogen (secondary N) is 2. The van der Waals surface area contributed by atoms with E-state index in [1.807, 2.05) is 23.8 Å². The van der Waals surface area contributed by atoms with Gasteiger partial charge in [-0.2, -0.15) is 16.5 Å². The van der Waals surface area contributed by atoms with Crippen molar-refractivity contribution in [2.24, 2.45) is 0 Å². The zero-order valence-corrected chi connectivity index (χ0v) is 18.5. The van der Waals surface area contributed by atoms with Crippen LogP contribution in [0.3, 0.4) is 0 Å². The van der Waals surface area contributed by atoms with Crippen molar-refractivity contribution >= 4 is 39.0 Å². The van der Waals surface area contributed by atoms with Crippen molar-refractivity contribution in [3.05, 3.63) is 40.6 Å². The van der Waals surface area contributed by atoms with Gasteiger partial charge in [-0.25, -0.2) is 8.42 Å². The Morgan fingerprint density at radius 3 is 2.76 bits per heavy atom. The summed E-state index contributed by atoms with van der Waals surface area (Å²) in [7, 11) is -3.89. The van der Waals surface area contributed by atoms with E-state index < -0.39 is 16.1 Å². The van der Waals surface area contributed by atoms with Crippen molar-refractivity contribution in [2.45, 2.75) is 23.8 Å². The third-order valence-electron chi connectivity index (χ3n) is 4.30. The zero-order valence-electron chi connectivity index (χ0n) is 16.1. The van der Waals surface area contributed by atoms with Crippen LogP contribution >= 0.6 is 23.1 Å². The van der Waals surface area contributed by atoms with E-state index in [0.29, 0.717) is 49.9 Å². The van der Waals surface area contributed by atoms with E-state index >= 15 is 0 Å². The average molecular weight is 457 g/mol. The molecule has 10 heteroatoms. The number of amides is 1. The van der Waals surface area contributed by atoms with Crippen molar-refractivity contribution < 1.29 is 22.7 Å². The van der Waals surface area contributed by atoms with Gasteiger partial charge in [0, 0.05) is 17.5 Å². The minimum atomic E-state index is -3.89. The van der Waals surface area contributed by atoms with Crippen LogP contribution in [0.5, 0.6) is 11.5 Å². The second-order valence-electron chi connectivity index (χ2n) is 6.38. The van der Waals surface area contributed by atoms with Gasteiger partial charge < -0.3 is 14.8 Å². The van der Waals surface area contributed by atoms with Crippen LogP contribution in [0.2, 0.25) is 0 Å². The predicted octanol–water partition coefficient (Wildman–Crippen LogP) is 2.28. The Labute approximate surface area is 179 Å². The summed E-state index contributed by atoms with van der Waals surface area (Å²) in [6.45, 7) is 1.26. The van der Waals surface area contributed by atoms with Crippen molar-refractivity contribution in [1.82, 2.24) is 10.0 Å². The van der Waals surface area contributed by atoms with Crippen LogP contribution in [0.25, 0.3) is 0 Å². The van der Waals surface area contributed by atoms with Gasteiger partial charge in [0.05, 0.1) is 4.90 Å². The number of hydrogen-bond donors (Lipinski definition) is 2. The lowest BCUT2D eigenvalue weighted by atomic mass is 10.2. The topological polar surface area (TPSA) is 93.7 Å². The molecular weight excluding hydrogens is 432 g/mol. The number of ether oxygens (including phenoxy) is 2. The number of sulfonamides is 1. The Kier molecular flexibility index (Phi) is 7.82. The molecule has 1 aliphatic rings. The average Bonchev–Trinajstić information content (AvgIpc) is 3.24. The lowest BCUT2D eigenvalue weighted by molar-refractivity contribution is -0.122. The normalized spacial score (nSPS) is 14.4. The third kappa shape index (κ3) is 6.11. The lowest BCUT2D eigenvalue weighted by Crippen LogP contribution is -2.47. The predicted molar refractivity (Wildman–Crippen MR) is 116 cm³/mol. The second-order valence-corrected chi connectivity index (χ2v) is 10.1. The first-order valence-electron chi connectivity index (χ1n) is 9.20. The van der Waals surface area contributed by atoms with Gasteiger partial charge in [0.15, 0.2) is 11.5 Å². The van der Waals surface area contributed by atoms with Crippen LogP contribution in [-0.4, -0.2) is 52.1 Å². The zero-order chi connectivity index (χ0) is 20.7. The molecule has 0 aliphatic carbocycles. The highest BCUT2D eigenvalue weighted by Crippen LogP contribution is 2.32. The molecule has 0 saturated carbocycles. The molecular formula is C19H24N2O5S3. The molecule has 2 N–H and O–H groups in total. The Hall–Kier alpha value is -1.75. The number of thioether (sulfide) groups is 1. The van der Waals surface area contributed by atoms with Crippen molar-refractivity contribution in [3.63, 3.8) is 0 Å². The molecule has 0 spiro atoms. The lowest BCUT2D eigenvalue weighted by Gasteiger charge is -2.21. The van der Waals surface area contributed by atoms with Crippen LogP contribution in [0.15, 0.2) is 40.6 Å². The van der Waals surface area contributed by atoms with E-state index in [4.69, 9.17) is 9.47 Å². The summed E-state index contributed by atoms with van der Waals surface area (Å²) in [5.41, 5.74) is 0. The van der Waals surface area contributed by atoms with Gasteiger partial charge in [-0.05, 0) is 48.4 Å². The molecule has 0 radical (unpaired) electrons. The summed E-state index contributed by atoms with van der Waals surface area (Å²) in [4.78, 5) is 13.8. The Bertz CT molecular complexity index is 916. The van der Waals surface area contributed by atoms with Gasteiger partial charge in [-0.3, -0.25) is 4.79 Å². The Balaban J connectivity index is 1.66. The molecule has 29 heavy (non-hydrogen) atoms. The first kappa shape index (κ1) is 21.9. The second kappa shape index (κ2) is 10.3. The van der Waals surface area contributed by atoms with Gasteiger partial charge in [0.25, 0.3) is 0 Å². The number of carbonyl (C=O) groups excluding carboxylic acids is 1. The molecule has 158 valence electrons. The van der Waals surface area contributed by atoms with E-state index in [9.17, 15) is 13.2 Å². The van der Waals surface area contributed by atoms with Crippen molar-refractivity contribution in [3.8, 4) is 11.5 Å². The first-order chi connectivity index (χ1) is 14.0.